The topological polar surface area (TPSA) is 62.2 Å². The minimum Gasteiger partial charge on any atom is -0.442 e. The van der Waals surface area contributed by atoms with Gasteiger partial charge in [-0.1, -0.05) is 27.8 Å². The third-order valence-electron chi connectivity index (χ3n) is 5.05. The van der Waals surface area contributed by atoms with Gasteiger partial charge in [-0.2, -0.15) is 0 Å². The van der Waals surface area contributed by atoms with Crippen LogP contribution in [-0.4, -0.2) is 49.5 Å². The number of rotatable bonds is 1. The van der Waals surface area contributed by atoms with E-state index >= 15 is 0 Å². The number of guanidine groups is 1. The molecule has 1 aromatic carbocycles. The largest absolute Gasteiger partial charge is 0.446 e. The molecule has 2 aliphatic rings. The summed E-state index contributed by atoms with van der Waals surface area (Å²) in [6.45, 7) is 4.59. The Kier molecular flexibility index (Phi) is 5.63. The van der Waals surface area contributed by atoms with Crippen LogP contribution in [0.5, 0.6) is 0 Å². The van der Waals surface area contributed by atoms with E-state index in [1.54, 1.807) is 0 Å². The van der Waals surface area contributed by atoms with E-state index in [0.717, 1.165) is 10.4 Å². The normalized spacial score (nSPS) is 28.4. The minimum atomic E-state index is -3.12. The van der Waals surface area contributed by atoms with E-state index in [-0.39, 0.29) is 12.0 Å². The molecule has 30 heavy (non-hydrogen) atoms. The van der Waals surface area contributed by atoms with Crippen molar-refractivity contribution in [1.29, 1.82) is 0 Å². The second-order valence-corrected chi connectivity index (χ2v) is 10.1. The summed E-state index contributed by atoms with van der Waals surface area (Å²) in [7, 11) is -1.05. The molecule has 11 heteroatoms. The highest BCUT2D eigenvalue weighted by Gasteiger charge is 2.59. The molecule has 0 N–H and O–H groups in total. The van der Waals surface area contributed by atoms with Crippen LogP contribution in [0.25, 0.3) is 0 Å². The van der Waals surface area contributed by atoms with Gasteiger partial charge < -0.3 is 4.74 Å². The molecule has 0 aromatic heterocycles. The number of fused-ring (bicyclic) bond motifs is 1. The summed E-state index contributed by atoms with van der Waals surface area (Å²) in [5.74, 6) is -4.55. The van der Waals surface area contributed by atoms with Crippen molar-refractivity contribution in [2.45, 2.75) is 62.3 Å². The quantitative estimate of drug-likeness (QED) is 0.475. The Morgan fingerprint density at radius 2 is 1.93 bits per heavy atom. The monoisotopic (exact) mass is 449 g/mol. The standard InChI is InChI=1S/C19H23F4N3O3S/c1-17(2,3)29-16(27)26(23)15-24-19(12-7-5-6-8-13(12)20)10-9-18(21,22)11-14(19)30(28)25(15)4/h5-8,14H,9-11H2,1-4H3. The van der Waals surface area contributed by atoms with Gasteiger partial charge in [-0.25, -0.2) is 27.2 Å². The van der Waals surface area contributed by atoms with Crippen molar-refractivity contribution in [1.82, 2.24) is 9.43 Å². The lowest BCUT2D eigenvalue weighted by Crippen LogP contribution is -2.59. The highest BCUT2D eigenvalue weighted by molar-refractivity contribution is 7.84. The molecule has 166 valence electrons. The molecule has 0 spiro atoms. The molecule has 3 rings (SSSR count). The van der Waals surface area contributed by atoms with Gasteiger partial charge >= 0.3 is 6.09 Å². The molecule has 1 aromatic rings. The Balaban J connectivity index is 2.15. The SMILES string of the molecule is CN1C(N(F)C(=O)OC(C)(C)C)=NC2(c3ccccc3F)CCC(F)(F)CC2S1=O. The Morgan fingerprint density at radius 1 is 1.30 bits per heavy atom. The number of carbonyl (C=O) groups excluding carboxylic acids is 1. The average Bonchev–Trinajstić information content (AvgIpc) is 2.63. The first-order chi connectivity index (χ1) is 13.8. The van der Waals surface area contributed by atoms with Crippen molar-refractivity contribution >= 4 is 23.0 Å². The molecule has 0 saturated heterocycles. The number of alkyl halides is 2. The van der Waals surface area contributed by atoms with Gasteiger partial charge in [0.1, 0.15) is 27.9 Å². The first kappa shape index (κ1) is 22.5. The predicted octanol–water partition coefficient (Wildman–Crippen LogP) is 4.30. The highest BCUT2D eigenvalue weighted by atomic mass is 32.2. The summed E-state index contributed by atoms with van der Waals surface area (Å²) in [6, 6.07) is 5.39. The van der Waals surface area contributed by atoms with Crippen molar-refractivity contribution in [3.63, 3.8) is 0 Å². The summed E-state index contributed by atoms with van der Waals surface area (Å²) in [5.41, 5.74) is -2.80. The van der Waals surface area contributed by atoms with Crippen molar-refractivity contribution in [2.24, 2.45) is 4.99 Å². The van der Waals surface area contributed by atoms with Crippen LogP contribution < -0.4 is 0 Å². The number of halogens is 4. The fraction of sp³-hybridized carbons (Fsp3) is 0.579. The molecule has 3 atom stereocenters. The summed E-state index contributed by atoms with van der Waals surface area (Å²) in [6.07, 6.45) is -3.23. The zero-order valence-corrected chi connectivity index (χ0v) is 17.8. The van der Waals surface area contributed by atoms with Gasteiger partial charge in [0.25, 0.3) is 0 Å². The van der Waals surface area contributed by atoms with Gasteiger partial charge in [-0.15, -0.1) is 0 Å². The van der Waals surface area contributed by atoms with Crippen molar-refractivity contribution in [2.75, 3.05) is 7.05 Å². The number of hydrogen-bond acceptors (Lipinski definition) is 4. The first-order valence-electron chi connectivity index (χ1n) is 9.33. The molecule has 3 unspecified atom stereocenters. The number of nitrogens with zero attached hydrogens (tertiary/aromatic N) is 3. The van der Waals surface area contributed by atoms with E-state index in [4.69, 9.17) is 4.74 Å². The third kappa shape index (κ3) is 4.03. The fourth-order valence-corrected chi connectivity index (χ4v) is 5.37. The second-order valence-electron chi connectivity index (χ2n) is 8.40. The van der Waals surface area contributed by atoms with E-state index < -0.39 is 69.1 Å². The molecule has 1 amide bonds. The maximum atomic E-state index is 14.9. The van der Waals surface area contributed by atoms with Crippen molar-refractivity contribution < 1.29 is 31.4 Å². The maximum absolute atomic E-state index is 14.9. The van der Waals surface area contributed by atoms with Gasteiger partial charge in [-0.05, 0) is 33.3 Å². The van der Waals surface area contributed by atoms with E-state index in [9.17, 15) is 26.7 Å². The third-order valence-corrected chi connectivity index (χ3v) is 6.80. The van der Waals surface area contributed by atoms with Gasteiger partial charge in [0.15, 0.2) is 0 Å². The van der Waals surface area contributed by atoms with E-state index in [1.807, 2.05) is 0 Å². The van der Waals surface area contributed by atoms with Crippen molar-refractivity contribution in [3.8, 4) is 0 Å². The Morgan fingerprint density at radius 3 is 2.53 bits per heavy atom. The van der Waals surface area contributed by atoms with Crippen LogP contribution in [0, 0.1) is 5.82 Å². The van der Waals surface area contributed by atoms with Gasteiger partial charge in [0.2, 0.25) is 11.9 Å². The lowest BCUT2D eigenvalue weighted by Gasteiger charge is -2.48. The zero-order valence-electron chi connectivity index (χ0n) is 17.0. The number of amides is 1. The molecular weight excluding hydrogens is 426 g/mol. The van der Waals surface area contributed by atoms with E-state index in [0.29, 0.717) is 0 Å². The number of ether oxygens (including phenoxy) is 1. The molecule has 0 bridgehead atoms. The summed E-state index contributed by atoms with van der Waals surface area (Å²) in [4.78, 5) is 16.4. The Labute approximate surface area is 174 Å². The van der Waals surface area contributed by atoms with Crippen LogP contribution in [0.15, 0.2) is 29.3 Å². The number of carbonyl (C=O) groups is 1. The number of aliphatic imine (C=N–C) groups is 1. The molecule has 1 aliphatic carbocycles. The molecule has 1 fully saturated rings. The van der Waals surface area contributed by atoms with Crippen LogP contribution >= 0.6 is 0 Å². The zero-order chi connectivity index (χ0) is 22.5. The maximum Gasteiger partial charge on any atom is 0.446 e. The van der Waals surface area contributed by atoms with E-state index in [1.165, 1.54) is 46.0 Å². The van der Waals surface area contributed by atoms with Crippen LogP contribution in [0.4, 0.5) is 22.4 Å². The molecule has 1 aliphatic heterocycles. The lowest BCUT2D eigenvalue weighted by molar-refractivity contribution is -0.0510. The average molecular weight is 449 g/mol. The van der Waals surface area contributed by atoms with Crippen LogP contribution in [0.2, 0.25) is 0 Å². The smallest absolute Gasteiger partial charge is 0.442 e. The fourth-order valence-electron chi connectivity index (χ4n) is 3.69. The Bertz CT molecular complexity index is 905. The molecule has 1 saturated carbocycles. The lowest BCUT2D eigenvalue weighted by atomic mass is 9.75. The first-order valence-corrected chi connectivity index (χ1v) is 10.5. The molecular formula is C19H23F4N3O3S. The van der Waals surface area contributed by atoms with Gasteiger partial charge in [0, 0.05) is 25.5 Å². The Hall–Kier alpha value is -2.17. The molecule has 6 nitrogen and oxygen atoms in total. The van der Waals surface area contributed by atoms with Gasteiger partial charge in [0.05, 0.1) is 5.25 Å². The molecule has 1 heterocycles. The van der Waals surface area contributed by atoms with Crippen molar-refractivity contribution in [3.05, 3.63) is 35.6 Å². The summed E-state index contributed by atoms with van der Waals surface area (Å²) >= 11 is 0. The summed E-state index contributed by atoms with van der Waals surface area (Å²) in [5, 5.41) is -1.73. The molecule has 0 radical (unpaired) electrons. The summed E-state index contributed by atoms with van der Waals surface area (Å²) < 4.78 is 76.9. The second kappa shape index (κ2) is 7.51. The van der Waals surface area contributed by atoms with Crippen LogP contribution in [0.3, 0.4) is 0 Å². The van der Waals surface area contributed by atoms with Crippen LogP contribution in [0.1, 0.15) is 45.6 Å². The predicted molar refractivity (Wildman–Crippen MR) is 103 cm³/mol. The minimum absolute atomic E-state index is 0.0676. The number of benzene rings is 1. The highest BCUT2D eigenvalue weighted by Crippen LogP contribution is 2.51. The van der Waals surface area contributed by atoms with Gasteiger partial charge in [-0.3, -0.25) is 4.31 Å². The van der Waals surface area contributed by atoms with Crippen LogP contribution in [-0.2, 0) is 21.3 Å². The number of hydrogen-bond donors (Lipinski definition) is 0. The van der Waals surface area contributed by atoms with E-state index in [2.05, 4.69) is 4.99 Å².